The molecule has 0 bridgehead atoms. The third kappa shape index (κ3) is 2.91. The van der Waals surface area contributed by atoms with Gasteiger partial charge in [0.1, 0.15) is 0 Å². The topological polar surface area (TPSA) is 99.2 Å². The van der Waals surface area contributed by atoms with Crippen LogP contribution in [-0.2, 0) is 11.3 Å². The number of hydrogen-bond acceptors (Lipinski definition) is 7. The van der Waals surface area contributed by atoms with Crippen molar-refractivity contribution in [2.24, 2.45) is 0 Å². The normalized spacial score (nSPS) is 24.3. The molecule has 128 valence electrons. The molecule has 2 aromatic rings. The molecule has 0 N–H and O–H groups in total. The van der Waals surface area contributed by atoms with Crippen molar-refractivity contribution in [1.29, 1.82) is 0 Å². The highest BCUT2D eigenvalue weighted by Gasteiger charge is 2.36. The second-order valence-corrected chi connectivity index (χ2v) is 6.33. The van der Waals surface area contributed by atoms with Gasteiger partial charge in [0.25, 0.3) is 11.8 Å². The van der Waals surface area contributed by atoms with E-state index in [1.165, 1.54) is 11.0 Å². The van der Waals surface area contributed by atoms with E-state index in [1.54, 1.807) is 4.90 Å². The molecule has 0 unspecified atom stereocenters. The number of ether oxygens (including phenoxy) is 1. The standard InChI is InChI=1S/C15H20N6O3/c1-3-21-16-6-11(18-21)15(22)20-7-9(2)23-12(8-20)14-17-13(19-24-14)10-4-5-10/h6,9-10,12H,3-5,7-8H2,1-2H3/t9-,12-/m1/s1. The summed E-state index contributed by atoms with van der Waals surface area (Å²) >= 11 is 0. The Balaban J connectivity index is 1.50. The minimum Gasteiger partial charge on any atom is -0.362 e. The number of amides is 1. The van der Waals surface area contributed by atoms with E-state index in [4.69, 9.17) is 9.26 Å². The average molecular weight is 332 g/mol. The van der Waals surface area contributed by atoms with Crippen LogP contribution >= 0.6 is 0 Å². The lowest BCUT2D eigenvalue weighted by Crippen LogP contribution is -2.46. The number of hydrogen-bond donors (Lipinski definition) is 0. The summed E-state index contributed by atoms with van der Waals surface area (Å²) in [7, 11) is 0. The third-order valence-electron chi connectivity index (χ3n) is 4.26. The van der Waals surface area contributed by atoms with E-state index in [2.05, 4.69) is 20.3 Å². The fourth-order valence-electron chi connectivity index (χ4n) is 2.85. The van der Waals surface area contributed by atoms with E-state index < -0.39 is 6.10 Å². The maximum Gasteiger partial charge on any atom is 0.276 e. The van der Waals surface area contributed by atoms with Gasteiger partial charge in [-0.05, 0) is 26.7 Å². The van der Waals surface area contributed by atoms with Crippen LogP contribution in [-0.4, -0.2) is 55.1 Å². The molecule has 4 rings (SSSR count). The molecule has 1 aliphatic heterocycles. The van der Waals surface area contributed by atoms with Crippen molar-refractivity contribution in [2.45, 2.75) is 51.4 Å². The smallest absolute Gasteiger partial charge is 0.276 e. The van der Waals surface area contributed by atoms with Crippen LogP contribution in [0.5, 0.6) is 0 Å². The van der Waals surface area contributed by atoms with Crippen LogP contribution in [0, 0.1) is 0 Å². The van der Waals surface area contributed by atoms with Crippen molar-refractivity contribution < 1.29 is 14.1 Å². The van der Waals surface area contributed by atoms with Crippen LogP contribution in [0.25, 0.3) is 0 Å². The molecule has 0 spiro atoms. The molecule has 1 amide bonds. The molecule has 2 fully saturated rings. The Bertz CT molecular complexity index is 737. The number of nitrogens with zero attached hydrogens (tertiary/aromatic N) is 6. The second kappa shape index (κ2) is 5.97. The van der Waals surface area contributed by atoms with Crippen molar-refractivity contribution in [3.8, 4) is 0 Å². The van der Waals surface area contributed by atoms with Crippen LogP contribution in [0.3, 0.4) is 0 Å². The Morgan fingerprint density at radius 3 is 2.92 bits per heavy atom. The zero-order valence-corrected chi connectivity index (χ0v) is 13.8. The van der Waals surface area contributed by atoms with E-state index in [0.717, 1.165) is 18.7 Å². The number of carbonyl (C=O) groups is 1. The largest absolute Gasteiger partial charge is 0.362 e. The average Bonchev–Trinajstić information content (AvgIpc) is 3.13. The van der Waals surface area contributed by atoms with Crippen molar-refractivity contribution in [2.75, 3.05) is 13.1 Å². The first kappa shape index (κ1) is 15.3. The van der Waals surface area contributed by atoms with Crippen molar-refractivity contribution in [1.82, 2.24) is 30.0 Å². The van der Waals surface area contributed by atoms with Gasteiger partial charge in [-0.15, -0.1) is 5.10 Å². The van der Waals surface area contributed by atoms with Gasteiger partial charge in [-0.3, -0.25) is 4.79 Å². The van der Waals surface area contributed by atoms with E-state index >= 15 is 0 Å². The van der Waals surface area contributed by atoms with Crippen LogP contribution in [0.4, 0.5) is 0 Å². The zero-order valence-electron chi connectivity index (χ0n) is 13.8. The van der Waals surface area contributed by atoms with Gasteiger partial charge in [-0.25, -0.2) is 0 Å². The molecule has 9 heteroatoms. The van der Waals surface area contributed by atoms with Crippen LogP contribution in [0.1, 0.15) is 60.9 Å². The van der Waals surface area contributed by atoms with Gasteiger partial charge in [0.15, 0.2) is 17.6 Å². The first-order chi connectivity index (χ1) is 11.6. The van der Waals surface area contributed by atoms with E-state index in [1.807, 2.05) is 13.8 Å². The first-order valence-corrected chi connectivity index (χ1v) is 8.32. The van der Waals surface area contributed by atoms with Gasteiger partial charge < -0.3 is 14.2 Å². The molecule has 0 radical (unpaired) electrons. The molecular formula is C15H20N6O3. The van der Waals surface area contributed by atoms with Crippen molar-refractivity contribution in [3.05, 3.63) is 23.6 Å². The minimum atomic E-state index is -0.404. The summed E-state index contributed by atoms with van der Waals surface area (Å²) in [4.78, 5) is 20.3. The predicted octanol–water partition coefficient (Wildman–Crippen LogP) is 1.16. The number of rotatable bonds is 4. The molecule has 1 saturated heterocycles. The molecule has 2 aliphatic rings. The van der Waals surface area contributed by atoms with Crippen molar-refractivity contribution in [3.63, 3.8) is 0 Å². The summed E-state index contributed by atoms with van der Waals surface area (Å²) in [5.41, 5.74) is 0.342. The first-order valence-electron chi connectivity index (χ1n) is 8.32. The third-order valence-corrected chi connectivity index (χ3v) is 4.26. The highest BCUT2D eigenvalue weighted by atomic mass is 16.5. The highest BCUT2D eigenvalue weighted by Crippen LogP contribution is 2.39. The molecule has 24 heavy (non-hydrogen) atoms. The number of aromatic nitrogens is 5. The van der Waals surface area contributed by atoms with Gasteiger partial charge in [-0.1, -0.05) is 5.16 Å². The predicted molar refractivity (Wildman–Crippen MR) is 81.2 cm³/mol. The number of carbonyl (C=O) groups excluding carboxylic acids is 1. The summed E-state index contributed by atoms with van der Waals surface area (Å²) in [6.07, 6.45) is 3.19. The molecule has 3 heterocycles. The lowest BCUT2D eigenvalue weighted by molar-refractivity contribution is -0.0811. The van der Waals surface area contributed by atoms with Crippen LogP contribution in [0.2, 0.25) is 0 Å². The van der Waals surface area contributed by atoms with Gasteiger partial charge in [0.05, 0.1) is 25.4 Å². The summed E-state index contributed by atoms with van der Waals surface area (Å²) in [5.74, 6) is 1.45. The summed E-state index contributed by atoms with van der Waals surface area (Å²) in [6.45, 7) is 5.34. The molecule has 1 saturated carbocycles. The summed E-state index contributed by atoms with van der Waals surface area (Å²) in [6, 6.07) is 0. The molecular weight excluding hydrogens is 312 g/mol. The maximum absolute atomic E-state index is 12.7. The second-order valence-electron chi connectivity index (χ2n) is 6.33. The molecule has 2 atom stereocenters. The Hall–Kier alpha value is -2.29. The minimum absolute atomic E-state index is 0.120. The van der Waals surface area contributed by atoms with E-state index in [-0.39, 0.29) is 12.0 Å². The number of aryl methyl sites for hydroxylation is 1. The van der Waals surface area contributed by atoms with E-state index in [0.29, 0.717) is 37.1 Å². The SMILES string of the molecule is CCn1ncc(C(=O)N2C[C@@H](C)O[C@@H](c3nc(C4CC4)no3)C2)n1. The van der Waals surface area contributed by atoms with Gasteiger partial charge >= 0.3 is 0 Å². The lowest BCUT2D eigenvalue weighted by atomic mass is 10.2. The lowest BCUT2D eigenvalue weighted by Gasteiger charge is -2.34. The molecule has 9 nitrogen and oxygen atoms in total. The maximum atomic E-state index is 12.7. The van der Waals surface area contributed by atoms with Crippen LogP contribution in [0.15, 0.2) is 10.7 Å². The zero-order chi connectivity index (χ0) is 16.7. The summed E-state index contributed by atoms with van der Waals surface area (Å²) in [5, 5.41) is 12.3. The molecule has 0 aromatic carbocycles. The number of morpholine rings is 1. The van der Waals surface area contributed by atoms with E-state index in [9.17, 15) is 4.79 Å². The quantitative estimate of drug-likeness (QED) is 0.828. The Labute approximate surface area is 139 Å². The monoisotopic (exact) mass is 332 g/mol. The summed E-state index contributed by atoms with van der Waals surface area (Å²) < 4.78 is 11.2. The Morgan fingerprint density at radius 2 is 2.21 bits per heavy atom. The fraction of sp³-hybridized carbons (Fsp3) is 0.667. The van der Waals surface area contributed by atoms with Crippen molar-refractivity contribution >= 4 is 5.91 Å². The molecule has 2 aromatic heterocycles. The van der Waals surface area contributed by atoms with Gasteiger partial charge in [0, 0.05) is 12.5 Å². The van der Waals surface area contributed by atoms with Gasteiger partial charge in [-0.2, -0.15) is 14.9 Å². The Kier molecular flexibility index (Phi) is 3.79. The highest BCUT2D eigenvalue weighted by molar-refractivity contribution is 5.92. The Morgan fingerprint density at radius 1 is 1.38 bits per heavy atom. The molecule has 1 aliphatic carbocycles. The van der Waals surface area contributed by atoms with Gasteiger partial charge in [0.2, 0.25) is 0 Å². The van der Waals surface area contributed by atoms with Crippen LogP contribution < -0.4 is 0 Å². The fourth-order valence-corrected chi connectivity index (χ4v) is 2.85.